The molecule has 2 amide bonds. The van der Waals surface area contributed by atoms with Crippen molar-refractivity contribution < 1.29 is 14.3 Å². The Morgan fingerprint density at radius 2 is 1.52 bits per heavy atom. The zero-order valence-corrected chi connectivity index (χ0v) is 14.8. The van der Waals surface area contributed by atoms with Gasteiger partial charge in [0.2, 0.25) is 0 Å². The molecule has 0 atom stereocenters. The summed E-state index contributed by atoms with van der Waals surface area (Å²) < 4.78 is 5.51. The molecule has 0 aliphatic heterocycles. The van der Waals surface area contributed by atoms with Gasteiger partial charge >= 0.3 is 0 Å². The van der Waals surface area contributed by atoms with E-state index in [-0.39, 0.29) is 17.4 Å². The summed E-state index contributed by atoms with van der Waals surface area (Å²) in [5.74, 6) is -0.124. The van der Waals surface area contributed by atoms with Crippen molar-refractivity contribution in [2.45, 2.75) is 6.92 Å². The third kappa shape index (κ3) is 4.70. The summed E-state index contributed by atoms with van der Waals surface area (Å²) in [7, 11) is 0. The van der Waals surface area contributed by atoms with Gasteiger partial charge in [0.15, 0.2) is 0 Å². The predicted molar refractivity (Wildman–Crippen MR) is 104 cm³/mol. The number of nitrogens with one attached hydrogen (secondary N) is 2. The molecule has 27 heavy (non-hydrogen) atoms. The maximum Gasteiger partial charge on any atom is 0.257 e. The number of anilines is 2. The Bertz CT molecular complexity index is 942. The van der Waals surface area contributed by atoms with Crippen LogP contribution in [0.1, 0.15) is 27.6 Å². The van der Waals surface area contributed by atoms with Crippen molar-refractivity contribution in [3.8, 4) is 5.75 Å². The van der Waals surface area contributed by atoms with Crippen LogP contribution in [0, 0.1) is 0 Å². The average molecular weight is 361 g/mol. The van der Waals surface area contributed by atoms with E-state index in [4.69, 9.17) is 4.74 Å². The van der Waals surface area contributed by atoms with Gasteiger partial charge in [-0.05, 0) is 37.3 Å². The lowest BCUT2D eigenvalue weighted by Crippen LogP contribution is -2.16. The molecule has 0 bridgehead atoms. The summed E-state index contributed by atoms with van der Waals surface area (Å²) in [5.41, 5.74) is 1.80. The first kappa shape index (κ1) is 18.1. The lowest BCUT2D eigenvalue weighted by molar-refractivity contribution is 0.102. The quantitative estimate of drug-likeness (QED) is 0.696. The first-order valence-electron chi connectivity index (χ1n) is 8.52. The molecule has 1 heterocycles. The molecule has 6 heteroatoms. The number of hydrogen-bond donors (Lipinski definition) is 2. The third-order valence-corrected chi connectivity index (χ3v) is 3.73. The Labute approximate surface area is 157 Å². The average Bonchev–Trinajstić information content (AvgIpc) is 2.70. The van der Waals surface area contributed by atoms with Crippen LogP contribution in [-0.2, 0) is 0 Å². The normalized spacial score (nSPS) is 10.1. The number of nitrogens with zero attached hydrogens (tertiary/aromatic N) is 1. The number of aromatic nitrogens is 1. The number of benzene rings is 2. The van der Waals surface area contributed by atoms with Crippen LogP contribution in [0.3, 0.4) is 0 Å². The number of pyridine rings is 1. The Kier molecular flexibility index (Phi) is 5.79. The largest absolute Gasteiger partial charge is 0.492 e. The minimum atomic E-state index is -0.371. The van der Waals surface area contributed by atoms with Crippen LogP contribution in [0.15, 0.2) is 73.1 Å². The molecule has 2 aromatic carbocycles. The summed E-state index contributed by atoms with van der Waals surface area (Å²) in [6.07, 6.45) is 2.83. The molecule has 0 radical (unpaired) electrons. The Morgan fingerprint density at radius 1 is 0.889 bits per heavy atom. The first-order chi connectivity index (χ1) is 13.2. The summed E-state index contributed by atoms with van der Waals surface area (Å²) in [5, 5.41) is 5.56. The van der Waals surface area contributed by atoms with Gasteiger partial charge in [-0.3, -0.25) is 14.6 Å². The molecule has 2 N–H and O–H groups in total. The van der Waals surface area contributed by atoms with Gasteiger partial charge in [-0.15, -0.1) is 0 Å². The molecular weight excluding hydrogens is 342 g/mol. The van der Waals surface area contributed by atoms with E-state index in [1.54, 1.807) is 30.3 Å². The highest BCUT2D eigenvalue weighted by atomic mass is 16.5. The van der Waals surface area contributed by atoms with Crippen molar-refractivity contribution in [3.63, 3.8) is 0 Å². The van der Waals surface area contributed by atoms with Gasteiger partial charge in [0, 0.05) is 18.1 Å². The number of para-hydroxylation sites is 3. The fourth-order valence-corrected chi connectivity index (χ4v) is 2.46. The van der Waals surface area contributed by atoms with Crippen molar-refractivity contribution in [2.24, 2.45) is 0 Å². The Balaban J connectivity index is 1.75. The highest BCUT2D eigenvalue weighted by molar-refractivity contribution is 6.08. The lowest BCUT2D eigenvalue weighted by atomic mass is 10.1. The molecule has 0 fully saturated rings. The summed E-state index contributed by atoms with van der Waals surface area (Å²) in [4.78, 5) is 29.0. The monoisotopic (exact) mass is 361 g/mol. The Hall–Kier alpha value is -3.67. The van der Waals surface area contributed by atoms with E-state index in [2.05, 4.69) is 15.6 Å². The highest BCUT2D eigenvalue weighted by Gasteiger charge is 2.13. The van der Waals surface area contributed by atoms with Crippen LogP contribution in [-0.4, -0.2) is 23.4 Å². The van der Waals surface area contributed by atoms with Gasteiger partial charge in [-0.25, -0.2) is 0 Å². The minimum absolute atomic E-state index is 0.280. The molecular formula is C21H19N3O3. The smallest absolute Gasteiger partial charge is 0.257 e. The van der Waals surface area contributed by atoms with E-state index in [0.717, 1.165) is 0 Å². The van der Waals surface area contributed by atoms with Crippen LogP contribution in [0.25, 0.3) is 0 Å². The van der Waals surface area contributed by atoms with Crippen molar-refractivity contribution in [3.05, 3.63) is 84.2 Å². The SMILES string of the molecule is CCOc1ccccc1NC(=O)c1cncc(C(=O)Nc2ccccc2)c1. The number of rotatable bonds is 6. The second-order valence-electron chi connectivity index (χ2n) is 5.67. The van der Waals surface area contributed by atoms with E-state index >= 15 is 0 Å². The number of ether oxygens (including phenoxy) is 1. The van der Waals surface area contributed by atoms with Gasteiger partial charge in [0.1, 0.15) is 5.75 Å². The highest BCUT2D eigenvalue weighted by Crippen LogP contribution is 2.24. The summed E-state index contributed by atoms with van der Waals surface area (Å²) >= 11 is 0. The third-order valence-electron chi connectivity index (χ3n) is 3.73. The van der Waals surface area contributed by atoms with Gasteiger partial charge in [0.05, 0.1) is 23.4 Å². The minimum Gasteiger partial charge on any atom is -0.492 e. The zero-order valence-electron chi connectivity index (χ0n) is 14.8. The van der Waals surface area contributed by atoms with Crippen LogP contribution in [0.2, 0.25) is 0 Å². The molecule has 0 aliphatic rings. The maximum atomic E-state index is 12.6. The molecule has 0 aliphatic carbocycles. The van der Waals surface area contributed by atoms with Crippen LogP contribution >= 0.6 is 0 Å². The molecule has 1 aromatic heterocycles. The summed E-state index contributed by atoms with van der Waals surface area (Å²) in [6, 6.07) is 17.8. The predicted octanol–water partition coefficient (Wildman–Crippen LogP) is 3.98. The van der Waals surface area contributed by atoms with E-state index in [1.807, 2.05) is 31.2 Å². The molecule has 0 saturated heterocycles. The second-order valence-corrected chi connectivity index (χ2v) is 5.67. The number of carbonyl (C=O) groups is 2. The molecule has 3 aromatic rings. The molecule has 0 spiro atoms. The van der Waals surface area contributed by atoms with Gasteiger partial charge < -0.3 is 15.4 Å². The van der Waals surface area contributed by atoms with Crippen molar-refractivity contribution >= 4 is 23.2 Å². The molecule has 0 saturated carbocycles. The van der Waals surface area contributed by atoms with Crippen molar-refractivity contribution in [1.29, 1.82) is 0 Å². The standard InChI is InChI=1S/C21H19N3O3/c1-2-27-19-11-7-6-10-18(19)24-21(26)16-12-15(13-22-14-16)20(25)23-17-8-4-3-5-9-17/h3-14H,2H2,1H3,(H,23,25)(H,24,26). The van der Waals surface area contributed by atoms with Gasteiger partial charge in [-0.2, -0.15) is 0 Å². The van der Waals surface area contributed by atoms with E-state index in [9.17, 15) is 9.59 Å². The topological polar surface area (TPSA) is 80.3 Å². The van der Waals surface area contributed by atoms with E-state index < -0.39 is 0 Å². The van der Waals surface area contributed by atoms with Gasteiger partial charge in [-0.1, -0.05) is 30.3 Å². The second kappa shape index (κ2) is 8.62. The van der Waals surface area contributed by atoms with Gasteiger partial charge in [0.25, 0.3) is 11.8 Å². The van der Waals surface area contributed by atoms with Crippen LogP contribution in [0.5, 0.6) is 5.75 Å². The van der Waals surface area contributed by atoms with Crippen molar-refractivity contribution in [2.75, 3.05) is 17.2 Å². The van der Waals surface area contributed by atoms with Crippen LogP contribution in [0.4, 0.5) is 11.4 Å². The number of carbonyl (C=O) groups excluding carboxylic acids is 2. The zero-order chi connectivity index (χ0) is 19.1. The van der Waals surface area contributed by atoms with Crippen LogP contribution < -0.4 is 15.4 Å². The summed E-state index contributed by atoms with van der Waals surface area (Å²) in [6.45, 7) is 2.36. The lowest BCUT2D eigenvalue weighted by Gasteiger charge is -2.11. The maximum absolute atomic E-state index is 12.6. The number of amides is 2. The molecule has 3 rings (SSSR count). The molecule has 136 valence electrons. The van der Waals surface area contributed by atoms with Crippen molar-refractivity contribution in [1.82, 2.24) is 4.98 Å². The number of hydrogen-bond acceptors (Lipinski definition) is 4. The molecule has 0 unspecified atom stereocenters. The fraction of sp³-hybridized carbons (Fsp3) is 0.0952. The fourth-order valence-electron chi connectivity index (χ4n) is 2.46. The van der Waals surface area contributed by atoms with E-state index in [0.29, 0.717) is 29.3 Å². The first-order valence-corrected chi connectivity index (χ1v) is 8.52. The van der Waals surface area contributed by atoms with E-state index in [1.165, 1.54) is 18.5 Å². The molecule has 6 nitrogen and oxygen atoms in total. The Morgan fingerprint density at radius 3 is 2.22 bits per heavy atom.